The first-order chi connectivity index (χ1) is 12.6. The van der Waals surface area contributed by atoms with Gasteiger partial charge in [0.25, 0.3) is 0 Å². The lowest BCUT2D eigenvalue weighted by Crippen LogP contribution is -2.45. The molecule has 0 aromatic heterocycles. The summed E-state index contributed by atoms with van der Waals surface area (Å²) in [5.41, 5.74) is -0.741. The molecular weight excluding hydrogens is 352 g/mol. The normalized spacial score (nSPS) is 36.1. The van der Waals surface area contributed by atoms with Gasteiger partial charge in [0, 0.05) is 29.2 Å². The van der Waals surface area contributed by atoms with E-state index in [1.807, 2.05) is 0 Å². The molecule has 0 radical (unpaired) electrons. The fraction of sp³-hybridized carbons (Fsp3) is 0.450. The summed E-state index contributed by atoms with van der Waals surface area (Å²) < 4.78 is 16.7. The molecule has 0 spiro atoms. The minimum Gasteiger partial charge on any atom is -0.479 e. The molecule has 144 valence electrons. The molecule has 0 aliphatic carbocycles. The Hall–Kier alpha value is -2.67. The van der Waals surface area contributed by atoms with Gasteiger partial charge in [0.2, 0.25) is 5.78 Å². The van der Waals surface area contributed by atoms with E-state index in [1.165, 1.54) is 6.08 Å². The van der Waals surface area contributed by atoms with Crippen molar-refractivity contribution in [3.63, 3.8) is 0 Å². The molecule has 27 heavy (non-hydrogen) atoms. The fourth-order valence-electron chi connectivity index (χ4n) is 3.52. The summed E-state index contributed by atoms with van der Waals surface area (Å²) in [6.07, 6.45) is -0.502. The Labute approximate surface area is 157 Å². The molecule has 5 atom stereocenters. The molecule has 0 unspecified atom stereocenters. The highest BCUT2D eigenvalue weighted by Crippen LogP contribution is 2.44. The molecule has 0 amide bonds. The third kappa shape index (κ3) is 3.02. The third-order valence-electron chi connectivity index (χ3n) is 5.37. The van der Waals surface area contributed by atoms with E-state index >= 15 is 0 Å². The van der Waals surface area contributed by atoms with E-state index in [2.05, 4.69) is 13.2 Å². The summed E-state index contributed by atoms with van der Waals surface area (Å²) in [6.45, 7) is 12.4. The van der Waals surface area contributed by atoms with Crippen LogP contribution in [0.4, 0.5) is 0 Å². The molecule has 2 saturated heterocycles. The second-order valence-corrected chi connectivity index (χ2v) is 7.22. The lowest BCUT2D eigenvalue weighted by atomic mass is 9.80. The van der Waals surface area contributed by atoms with E-state index < -0.39 is 41.8 Å². The average molecular weight is 374 g/mol. The molecule has 3 heterocycles. The molecule has 0 aromatic carbocycles. The standard InChI is InChI=1S/C20H22O7/c1-6-9(2)18(23)25-13-8-20(5)14(21)7-12(27-20)10(3)16(22)17-15(13)11(4)19(24)26-17/h6-7,13,15-17,22H,3-4,8H2,1-2,5H3/b9-6-/t13-,15-,16-,17+,20-/m1/s1. The smallest absolute Gasteiger partial charge is 0.334 e. The lowest BCUT2D eigenvalue weighted by Gasteiger charge is -2.32. The Morgan fingerprint density at radius 3 is 2.67 bits per heavy atom. The van der Waals surface area contributed by atoms with Crippen LogP contribution in [-0.2, 0) is 28.6 Å². The first-order valence-corrected chi connectivity index (χ1v) is 8.65. The molecule has 3 rings (SSSR count). The van der Waals surface area contributed by atoms with Gasteiger partial charge in [0.1, 0.15) is 24.1 Å². The van der Waals surface area contributed by atoms with Crippen molar-refractivity contribution in [2.45, 2.75) is 51.1 Å². The predicted molar refractivity (Wildman–Crippen MR) is 94.2 cm³/mol. The van der Waals surface area contributed by atoms with Crippen molar-refractivity contribution in [3.8, 4) is 0 Å². The molecule has 0 aromatic rings. The molecule has 3 aliphatic rings. The van der Waals surface area contributed by atoms with Crippen LogP contribution in [0.1, 0.15) is 27.2 Å². The van der Waals surface area contributed by atoms with Gasteiger partial charge in [0.15, 0.2) is 5.60 Å². The molecule has 2 bridgehead atoms. The number of allylic oxidation sites excluding steroid dienone is 1. The highest BCUT2D eigenvalue weighted by molar-refractivity contribution is 6.00. The Bertz CT molecular complexity index is 818. The van der Waals surface area contributed by atoms with Crippen molar-refractivity contribution < 1.29 is 33.7 Å². The number of fused-ring (bicyclic) bond motifs is 3. The van der Waals surface area contributed by atoms with Gasteiger partial charge >= 0.3 is 11.9 Å². The molecule has 0 saturated carbocycles. The van der Waals surface area contributed by atoms with Crippen molar-refractivity contribution in [1.82, 2.24) is 0 Å². The van der Waals surface area contributed by atoms with Gasteiger partial charge in [-0.1, -0.05) is 19.2 Å². The van der Waals surface area contributed by atoms with Crippen LogP contribution < -0.4 is 0 Å². The lowest BCUT2D eigenvalue weighted by molar-refractivity contribution is -0.155. The Balaban J connectivity index is 2.07. The van der Waals surface area contributed by atoms with Crippen molar-refractivity contribution >= 4 is 17.7 Å². The van der Waals surface area contributed by atoms with E-state index in [0.29, 0.717) is 5.57 Å². The Kier molecular flexibility index (Phi) is 4.59. The zero-order valence-corrected chi connectivity index (χ0v) is 15.5. The van der Waals surface area contributed by atoms with Gasteiger partial charge in [-0.05, 0) is 20.8 Å². The fourth-order valence-corrected chi connectivity index (χ4v) is 3.52. The van der Waals surface area contributed by atoms with Gasteiger partial charge in [0.05, 0.1) is 5.92 Å². The van der Waals surface area contributed by atoms with Crippen LogP contribution in [0.25, 0.3) is 0 Å². The highest BCUT2D eigenvalue weighted by Gasteiger charge is 2.55. The molecule has 7 nitrogen and oxygen atoms in total. The number of hydrogen-bond acceptors (Lipinski definition) is 7. The first kappa shape index (κ1) is 19.1. The summed E-state index contributed by atoms with van der Waals surface area (Å²) in [5, 5.41) is 10.7. The first-order valence-electron chi connectivity index (χ1n) is 8.65. The monoisotopic (exact) mass is 374 g/mol. The van der Waals surface area contributed by atoms with Crippen LogP contribution in [0.5, 0.6) is 0 Å². The molecular formula is C20H22O7. The number of hydrogen-bond donors (Lipinski definition) is 1. The maximum atomic E-state index is 12.5. The van der Waals surface area contributed by atoms with Crippen LogP contribution in [0.2, 0.25) is 0 Å². The minimum absolute atomic E-state index is 0.0224. The summed E-state index contributed by atoms with van der Waals surface area (Å²) >= 11 is 0. The van der Waals surface area contributed by atoms with Crippen molar-refractivity contribution in [2.24, 2.45) is 5.92 Å². The number of aliphatic hydroxyl groups is 1. The average Bonchev–Trinajstić information content (AvgIpc) is 3.08. The second-order valence-electron chi connectivity index (χ2n) is 7.22. The maximum absolute atomic E-state index is 12.5. The zero-order valence-electron chi connectivity index (χ0n) is 15.5. The van der Waals surface area contributed by atoms with Gasteiger partial charge in [-0.15, -0.1) is 0 Å². The van der Waals surface area contributed by atoms with Crippen LogP contribution in [-0.4, -0.2) is 46.7 Å². The Morgan fingerprint density at radius 1 is 1.37 bits per heavy atom. The number of rotatable bonds is 2. The number of ketones is 1. The van der Waals surface area contributed by atoms with E-state index in [4.69, 9.17) is 14.2 Å². The van der Waals surface area contributed by atoms with Gasteiger partial charge < -0.3 is 19.3 Å². The molecule has 1 N–H and O–H groups in total. The largest absolute Gasteiger partial charge is 0.479 e. The van der Waals surface area contributed by atoms with E-state index in [1.54, 1.807) is 26.8 Å². The van der Waals surface area contributed by atoms with E-state index in [-0.39, 0.29) is 29.1 Å². The summed E-state index contributed by atoms with van der Waals surface area (Å²) in [7, 11) is 0. The van der Waals surface area contributed by atoms with E-state index in [9.17, 15) is 19.5 Å². The van der Waals surface area contributed by atoms with Crippen LogP contribution in [0.15, 0.2) is 47.8 Å². The number of ether oxygens (including phenoxy) is 3. The number of carbonyl (C=O) groups is 3. The van der Waals surface area contributed by atoms with Crippen molar-refractivity contribution in [3.05, 3.63) is 47.8 Å². The summed E-state index contributed by atoms with van der Waals surface area (Å²) in [6, 6.07) is 0. The van der Waals surface area contributed by atoms with Crippen molar-refractivity contribution in [2.75, 3.05) is 0 Å². The quantitative estimate of drug-likeness (QED) is 0.578. The number of esters is 2. The van der Waals surface area contributed by atoms with Crippen LogP contribution in [0, 0.1) is 5.92 Å². The zero-order chi connectivity index (χ0) is 20.1. The third-order valence-corrected chi connectivity index (χ3v) is 5.37. The van der Waals surface area contributed by atoms with Gasteiger partial charge in [-0.25, -0.2) is 9.59 Å². The molecule has 3 aliphatic heterocycles. The topological polar surface area (TPSA) is 99.1 Å². The van der Waals surface area contributed by atoms with Gasteiger partial charge in [-0.2, -0.15) is 0 Å². The Morgan fingerprint density at radius 2 is 2.04 bits per heavy atom. The minimum atomic E-state index is -1.33. The maximum Gasteiger partial charge on any atom is 0.334 e. The van der Waals surface area contributed by atoms with E-state index in [0.717, 1.165) is 0 Å². The van der Waals surface area contributed by atoms with Gasteiger partial charge in [-0.3, -0.25) is 4.79 Å². The van der Waals surface area contributed by atoms with Crippen molar-refractivity contribution in [1.29, 1.82) is 0 Å². The highest BCUT2D eigenvalue weighted by atomic mass is 16.6. The summed E-state index contributed by atoms with van der Waals surface area (Å²) in [5.74, 6) is -2.29. The SMILES string of the molecule is C=C1C(=O)O[C@H]2[C@H]1[C@H](OC(=O)/C(C)=C\C)C[C@@]1(C)OC(=CC1=O)C(=C)[C@H]2O. The number of carbonyl (C=O) groups excluding carboxylic acids is 3. The second kappa shape index (κ2) is 6.49. The molecule has 2 fully saturated rings. The van der Waals surface area contributed by atoms with Crippen LogP contribution >= 0.6 is 0 Å². The number of aliphatic hydroxyl groups excluding tert-OH is 1. The summed E-state index contributed by atoms with van der Waals surface area (Å²) in [4.78, 5) is 37.0. The molecule has 7 heteroatoms. The predicted octanol–water partition coefficient (Wildman–Crippen LogP) is 1.52. The van der Waals surface area contributed by atoms with Crippen LogP contribution in [0.3, 0.4) is 0 Å².